The van der Waals surface area contributed by atoms with Gasteiger partial charge in [-0.15, -0.1) is 6.58 Å². The molecule has 2 atom stereocenters. The van der Waals surface area contributed by atoms with Crippen LogP contribution in [0.4, 0.5) is 0 Å². The summed E-state index contributed by atoms with van der Waals surface area (Å²) in [6, 6.07) is 1.88. The Hall–Kier alpha value is -2.23. The normalized spacial score (nSPS) is 24.2. The lowest BCUT2D eigenvalue weighted by atomic mass is 9.68. The molecule has 0 aromatic carbocycles. The number of rotatable bonds is 3. The number of esters is 1. The molecule has 21 heavy (non-hydrogen) atoms. The van der Waals surface area contributed by atoms with Crippen molar-refractivity contribution in [1.29, 1.82) is 0 Å². The fraction of sp³-hybridized carbons (Fsp3) is 0.353. The van der Waals surface area contributed by atoms with Crippen molar-refractivity contribution in [1.82, 2.24) is 0 Å². The lowest BCUT2D eigenvalue weighted by molar-refractivity contribution is -0.144. The van der Waals surface area contributed by atoms with Gasteiger partial charge in [0.05, 0.1) is 24.9 Å². The number of hydrogen-bond donors (Lipinski definition) is 0. The second kappa shape index (κ2) is 4.65. The second-order valence-corrected chi connectivity index (χ2v) is 5.88. The van der Waals surface area contributed by atoms with Crippen LogP contribution >= 0.6 is 0 Å². The second-order valence-electron chi connectivity index (χ2n) is 5.88. The first-order valence-corrected chi connectivity index (χ1v) is 6.88. The molecule has 2 unspecified atom stereocenters. The van der Waals surface area contributed by atoms with E-state index in [1.165, 1.54) is 6.08 Å². The largest absolute Gasteiger partial charge is 0.496 e. The van der Waals surface area contributed by atoms with Gasteiger partial charge in [-0.05, 0) is 17.6 Å². The number of carbonyl (C=O) groups is 1. The van der Waals surface area contributed by atoms with Crippen LogP contribution in [0.3, 0.4) is 0 Å². The predicted molar refractivity (Wildman–Crippen MR) is 78.4 cm³/mol. The Kier molecular flexibility index (Phi) is 3.04. The fourth-order valence-corrected chi connectivity index (χ4v) is 3.06. The highest BCUT2D eigenvalue weighted by atomic mass is 16.5. The zero-order valence-electron chi connectivity index (χ0n) is 12.4. The summed E-state index contributed by atoms with van der Waals surface area (Å²) in [6.45, 7) is 8.02. The quantitative estimate of drug-likeness (QED) is 0.631. The number of ether oxygens (including phenoxy) is 2. The Morgan fingerprint density at radius 3 is 2.81 bits per heavy atom. The molecule has 0 N–H and O–H groups in total. The third-order valence-electron chi connectivity index (χ3n) is 4.27. The molecule has 0 saturated heterocycles. The average molecular weight is 286 g/mol. The molecule has 4 heteroatoms. The molecule has 0 bridgehead atoms. The molecule has 3 rings (SSSR count). The first-order valence-electron chi connectivity index (χ1n) is 6.88. The van der Waals surface area contributed by atoms with Crippen molar-refractivity contribution in [2.24, 2.45) is 5.41 Å². The van der Waals surface area contributed by atoms with Crippen LogP contribution in [0.25, 0.3) is 5.76 Å². The number of allylic oxidation sites excluding steroid dienone is 1. The van der Waals surface area contributed by atoms with E-state index in [1.807, 2.05) is 12.1 Å². The standard InChI is InChI=1S/C17H18O4/c1-5-17(2,3)13-15-11(8-9-20-15)14(19-4)10-6-7-12(18)21-16(10)13/h5-9,13,16H,1H2,2-4H3. The smallest absolute Gasteiger partial charge is 0.331 e. The molecule has 110 valence electrons. The van der Waals surface area contributed by atoms with Crippen molar-refractivity contribution in [2.45, 2.75) is 25.9 Å². The van der Waals surface area contributed by atoms with Gasteiger partial charge in [-0.2, -0.15) is 0 Å². The van der Waals surface area contributed by atoms with E-state index in [1.54, 1.807) is 19.4 Å². The lowest BCUT2D eigenvalue weighted by Crippen LogP contribution is -2.39. The van der Waals surface area contributed by atoms with Crippen LogP contribution in [-0.4, -0.2) is 19.2 Å². The van der Waals surface area contributed by atoms with E-state index in [9.17, 15) is 4.79 Å². The van der Waals surface area contributed by atoms with Gasteiger partial charge in [0.15, 0.2) is 0 Å². The topological polar surface area (TPSA) is 48.7 Å². The average Bonchev–Trinajstić information content (AvgIpc) is 2.92. The number of furan rings is 1. The van der Waals surface area contributed by atoms with Gasteiger partial charge < -0.3 is 13.9 Å². The maximum absolute atomic E-state index is 11.7. The molecule has 0 radical (unpaired) electrons. The van der Waals surface area contributed by atoms with Crippen LogP contribution in [-0.2, 0) is 14.3 Å². The minimum Gasteiger partial charge on any atom is -0.496 e. The molecular formula is C17H18O4. The highest BCUT2D eigenvalue weighted by Gasteiger charge is 2.47. The van der Waals surface area contributed by atoms with Gasteiger partial charge >= 0.3 is 5.97 Å². The zero-order valence-corrected chi connectivity index (χ0v) is 12.4. The third-order valence-corrected chi connectivity index (χ3v) is 4.27. The van der Waals surface area contributed by atoms with Crippen molar-refractivity contribution >= 4 is 11.7 Å². The summed E-state index contributed by atoms with van der Waals surface area (Å²) >= 11 is 0. The zero-order chi connectivity index (χ0) is 15.2. The monoisotopic (exact) mass is 286 g/mol. The Labute approximate surface area is 123 Å². The highest BCUT2D eigenvalue weighted by molar-refractivity contribution is 5.87. The first-order chi connectivity index (χ1) is 9.99. The van der Waals surface area contributed by atoms with Crippen molar-refractivity contribution in [3.63, 3.8) is 0 Å². The lowest BCUT2D eigenvalue weighted by Gasteiger charge is -2.40. The van der Waals surface area contributed by atoms with Gasteiger partial charge in [-0.1, -0.05) is 19.9 Å². The summed E-state index contributed by atoms with van der Waals surface area (Å²) in [7, 11) is 1.61. The van der Waals surface area contributed by atoms with Gasteiger partial charge in [-0.25, -0.2) is 4.79 Å². The predicted octanol–water partition coefficient (Wildman–Crippen LogP) is 3.43. The van der Waals surface area contributed by atoms with Gasteiger partial charge in [0.2, 0.25) is 0 Å². The number of carbonyl (C=O) groups excluding carboxylic acids is 1. The van der Waals surface area contributed by atoms with Crippen LogP contribution in [0.5, 0.6) is 0 Å². The number of fused-ring (bicyclic) bond motifs is 2. The van der Waals surface area contributed by atoms with E-state index < -0.39 is 6.10 Å². The summed E-state index contributed by atoms with van der Waals surface area (Å²) in [5.41, 5.74) is 1.48. The van der Waals surface area contributed by atoms with E-state index >= 15 is 0 Å². The molecule has 1 aliphatic heterocycles. The van der Waals surface area contributed by atoms with E-state index in [0.717, 1.165) is 16.9 Å². The minimum atomic E-state index is -0.427. The molecule has 1 aliphatic carbocycles. The molecule has 0 amide bonds. The first kappa shape index (κ1) is 13.7. The number of hydrogen-bond acceptors (Lipinski definition) is 4. The molecule has 1 aromatic rings. The molecule has 0 spiro atoms. The maximum Gasteiger partial charge on any atom is 0.331 e. The Morgan fingerprint density at radius 2 is 2.14 bits per heavy atom. The molecule has 2 aliphatic rings. The Morgan fingerprint density at radius 1 is 1.38 bits per heavy atom. The maximum atomic E-state index is 11.7. The summed E-state index contributed by atoms with van der Waals surface area (Å²) < 4.78 is 16.8. The molecule has 0 fully saturated rings. The van der Waals surface area contributed by atoms with Crippen LogP contribution < -0.4 is 0 Å². The van der Waals surface area contributed by atoms with E-state index in [4.69, 9.17) is 13.9 Å². The van der Waals surface area contributed by atoms with Crippen molar-refractivity contribution < 1.29 is 18.7 Å². The summed E-state index contributed by atoms with van der Waals surface area (Å²) in [5.74, 6) is 0.985. The van der Waals surface area contributed by atoms with Crippen molar-refractivity contribution in [2.75, 3.05) is 7.11 Å². The van der Waals surface area contributed by atoms with Crippen LogP contribution in [0.15, 0.2) is 47.1 Å². The SMILES string of the molecule is C=CC(C)(C)C1c2occc2C(OC)=C2C=CC(=O)OC21. The highest BCUT2D eigenvalue weighted by Crippen LogP contribution is 2.50. The van der Waals surface area contributed by atoms with Gasteiger partial charge in [0.1, 0.15) is 17.6 Å². The van der Waals surface area contributed by atoms with Crippen molar-refractivity contribution in [3.05, 3.63) is 54.0 Å². The van der Waals surface area contributed by atoms with E-state index in [0.29, 0.717) is 5.76 Å². The third kappa shape index (κ3) is 1.94. The van der Waals surface area contributed by atoms with Crippen LogP contribution in [0.2, 0.25) is 0 Å². The molecular weight excluding hydrogens is 268 g/mol. The summed E-state index contributed by atoms with van der Waals surface area (Å²) in [5, 5.41) is 0. The van der Waals surface area contributed by atoms with Gasteiger partial charge in [-0.3, -0.25) is 0 Å². The summed E-state index contributed by atoms with van der Waals surface area (Å²) in [6.07, 6.45) is 6.28. The van der Waals surface area contributed by atoms with E-state index in [-0.39, 0.29) is 17.3 Å². The van der Waals surface area contributed by atoms with Gasteiger partial charge in [0, 0.05) is 11.6 Å². The molecule has 0 saturated carbocycles. The minimum absolute atomic E-state index is 0.136. The van der Waals surface area contributed by atoms with E-state index in [2.05, 4.69) is 20.4 Å². The van der Waals surface area contributed by atoms with Gasteiger partial charge in [0.25, 0.3) is 0 Å². The van der Waals surface area contributed by atoms with Crippen molar-refractivity contribution in [3.8, 4) is 0 Å². The molecule has 4 nitrogen and oxygen atoms in total. The Balaban J connectivity index is 2.25. The number of methoxy groups -OCH3 is 1. The Bertz CT molecular complexity index is 660. The molecule has 2 heterocycles. The summed E-state index contributed by atoms with van der Waals surface area (Å²) in [4.78, 5) is 11.7. The fourth-order valence-electron chi connectivity index (χ4n) is 3.06. The van der Waals surface area contributed by atoms with Crippen LogP contribution in [0, 0.1) is 5.41 Å². The molecule has 1 aromatic heterocycles. The van der Waals surface area contributed by atoms with Crippen LogP contribution in [0.1, 0.15) is 31.1 Å².